The number of nitrogens with zero attached hydrogens (tertiary/aromatic N) is 2. The fourth-order valence-corrected chi connectivity index (χ4v) is 4.58. The van der Waals surface area contributed by atoms with Crippen LogP contribution in [0.15, 0.2) is 78.3 Å². The van der Waals surface area contributed by atoms with Gasteiger partial charge in [-0.15, -0.1) is 6.58 Å². The highest BCUT2D eigenvalue weighted by Crippen LogP contribution is 2.22. The minimum absolute atomic E-state index is 0.131. The van der Waals surface area contributed by atoms with E-state index in [0.717, 1.165) is 31.4 Å². The normalized spacial score (nSPS) is 12.0. The van der Waals surface area contributed by atoms with Gasteiger partial charge < -0.3 is 4.57 Å². The zero-order valence-electron chi connectivity index (χ0n) is 15.2. The van der Waals surface area contributed by atoms with Gasteiger partial charge in [0.2, 0.25) is 0 Å². The number of aromatic nitrogens is 1. The number of hydrogen-bond donors (Lipinski definition) is 0. The standard InChI is InChI=1S/C23H20N2OS/c1-3-14-25-22-16(2)8-6-13-20(22)27-23(25)24-21(26)15-18-11-7-10-17-9-4-5-12-19(17)18/h3-13H,1,14-15H2,2H3. The first kappa shape index (κ1) is 17.4. The number of para-hydroxylation sites is 1. The molecule has 3 aromatic carbocycles. The lowest BCUT2D eigenvalue weighted by Gasteiger charge is -2.05. The number of thiazole rings is 1. The van der Waals surface area contributed by atoms with Crippen LogP contribution < -0.4 is 4.80 Å². The van der Waals surface area contributed by atoms with Gasteiger partial charge in [0, 0.05) is 6.54 Å². The maximum absolute atomic E-state index is 12.7. The Hall–Kier alpha value is -2.98. The lowest BCUT2D eigenvalue weighted by atomic mass is 10.0. The molecule has 4 heteroatoms. The molecule has 1 aromatic heterocycles. The molecule has 134 valence electrons. The van der Waals surface area contributed by atoms with Crippen molar-refractivity contribution in [1.82, 2.24) is 4.57 Å². The Morgan fingerprint density at radius 3 is 2.74 bits per heavy atom. The molecule has 0 unspecified atom stereocenters. The zero-order valence-corrected chi connectivity index (χ0v) is 16.0. The van der Waals surface area contributed by atoms with Crippen LogP contribution in [0.5, 0.6) is 0 Å². The van der Waals surface area contributed by atoms with Gasteiger partial charge in [0.1, 0.15) is 0 Å². The molecule has 0 saturated heterocycles. The summed E-state index contributed by atoms with van der Waals surface area (Å²) in [7, 11) is 0. The first-order valence-corrected chi connectivity index (χ1v) is 9.73. The molecule has 3 nitrogen and oxygen atoms in total. The Balaban J connectivity index is 1.77. The molecule has 0 aliphatic heterocycles. The minimum atomic E-state index is -0.131. The number of hydrogen-bond acceptors (Lipinski definition) is 2. The van der Waals surface area contributed by atoms with Gasteiger partial charge in [-0.1, -0.05) is 72.0 Å². The van der Waals surface area contributed by atoms with Crippen molar-refractivity contribution in [2.24, 2.45) is 4.99 Å². The maximum Gasteiger partial charge on any atom is 0.252 e. The second-order valence-corrected chi connectivity index (χ2v) is 7.54. The highest BCUT2D eigenvalue weighted by Gasteiger charge is 2.10. The molecule has 4 aromatic rings. The molecule has 1 heterocycles. The van der Waals surface area contributed by atoms with E-state index in [0.29, 0.717) is 13.0 Å². The molecule has 0 aliphatic carbocycles. The van der Waals surface area contributed by atoms with E-state index < -0.39 is 0 Å². The summed E-state index contributed by atoms with van der Waals surface area (Å²) in [6.45, 7) is 6.56. The lowest BCUT2D eigenvalue weighted by Crippen LogP contribution is -2.17. The Morgan fingerprint density at radius 2 is 1.89 bits per heavy atom. The molecule has 0 fully saturated rings. The average Bonchev–Trinajstić information content (AvgIpc) is 3.01. The van der Waals surface area contributed by atoms with Crippen molar-refractivity contribution in [2.45, 2.75) is 19.9 Å². The Kier molecular flexibility index (Phi) is 4.73. The highest BCUT2D eigenvalue weighted by atomic mass is 32.1. The molecule has 0 atom stereocenters. The van der Waals surface area contributed by atoms with Gasteiger partial charge in [0.25, 0.3) is 5.91 Å². The topological polar surface area (TPSA) is 34.4 Å². The monoisotopic (exact) mass is 372 g/mol. The third kappa shape index (κ3) is 3.36. The van der Waals surface area contributed by atoms with Gasteiger partial charge in [-0.2, -0.15) is 4.99 Å². The number of carbonyl (C=O) groups excluding carboxylic acids is 1. The van der Waals surface area contributed by atoms with Crippen LogP contribution in [-0.2, 0) is 17.8 Å². The van der Waals surface area contributed by atoms with E-state index in [1.54, 1.807) is 11.3 Å². The molecule has 0 radical (unpaired) electrons. The Morgan fingerprint density at radius 1 is 1.11 bits per heavy atom. The van der Waals surface area contributed by atoms with Crippen LogP contribution in [0.25, 0.3) is 21.0 Å². The van der Waals surface area contributed by atoms with Crippen LogP contribution >= 0.6 is 11.3 Å². The second kappa shape index (κ2) is 7.33. The van der Waals surface area contributed by atoms with Gasteiger partial charge in [-0.05, 0) is 34.9 Å². The van der Waals surface area contributed by atoms with Gasteiger partial charge in [-0.3, -0.25) is 4.79 Å². The summed E-state index contributed by atoms with van der Waals surface area (Å²) in [5.74, 6) is -0.131. The van der Waals surface area contributed by atoms with Crippen LogP contribution in [0.4, 0.5) is 0 Å². The van der Waals surface area contributed by atoms with E-state index in [1.807, 2.05) is 36.4 Å². The van der Waals surface area contributed by atoms with Crippen molar-refractivity contribution >= 4 is 38.2 Å². The summed E-state index contributed by atoms with van der Waals surface area (Å²) < 4.78 is 3.21. The van der Waals surface area contributed by atoms with Crippen molar-refractivity contribution in [3.8, 4) is 0 Å². The number of carbonyl (C=O) groups is 1. The average molecular weight is 372 g/mol. The van der Waals surface area contributed by atoms with Gasteiger partial charge in [0.05, 0.1) is 16.6 Å². The van der Waals surface area contributed by atoms with Crippen LogP contribution in [0.3, 0.4) is 0 Å². The molecule has 0 aliphatic rings. The van der Waals surface area contributed by atoms with Crippen LogP contribution in [0, 0.1) is 6.92 Å². The SMILES string of the molecule is C=CCn1c(=NC(=O)Cc2cccc3ccccc23)sc2cccc(C)c21. The van der Waals surface area contributed by atoms with Crippen molar-refractivity contribution in [3.05, 3.63) is 89.2 Å². The number of benzene rings is 3. The molecular weight excluding hydrogens is 352 g/mol. The van der Waals surface area contributed by atoms with E-state index in [4.69, 9.17) is 0 Å². The first-order valence-electron chi connectivity index (χ1n) is 8.91. The van der Waals surface area contributed by atoms with Gasteiger partial charge in [-0.25, -0.2) is 0 Å². The molecule has 0 saturated carbocycles. The third-order valence-corrected chi connectivity index (χ3v) is 5.70. The number of rotatable bonds is 4. The zero-order chi connectivity index (χ0) is 18.8. The smallest absolute Gasteiger partial charge is 0.252 e. The number of aryl methyl sites for hydroxylation is 1. The fraction of sp³-hybridized carbons (Fsp3) is 0.130. The molecule has 0 N–H and O–H groups in total. The largest absolute Gasteiger partial charge is 0.312 e. The summed E-state index contributed by atoms with van der Waals surface area (Å²) in [6.07, 6.45) is 2.13. The molecule has 4 rings (SSSR count). The van der Waals surface area contributed by atoms with Gasteiger partial charge >= 0.3 is 0 Å². The van der Waals surface area contributed by atoms with Crippen LogP contribution in [-0.4, -0.2) is 10.5 Å². The summed E-state index contributed by atoms with van der Waals surface area (Å²) in [5.41, 5.74) is 3.31. The van der Waals surface area contributed by atoms with Gasteiger partial charge in [0.15, 0.2) is 4.80 Å². The predicted octanol–water partition coefficient (Wildman–Crippen LogP) is 5.02. The van der Waals surface area contributed by atoms with E-state index >= 15 is 0 Å². The highest BCUT2D eigenvalue weighted by molar-refractivity contribution is 7.16. The lowest BCUT2D eigenvalue weighted by molar-refractivity contribution is -0.117. The summed E-state index contributed by atoms with van der Waals surface area (Å²) in [6, 6.07) is 20.4. The fourth-order valence-electron chi connectivity index (χ4n) is 3.45. The molecule has 27 heavy (non-hydrogen) atoms. The van der Waals surface area contributed by atoms with Crippen molar-refractivity contribution < 1.29 is 4.79 Å². The summed E-state index contributed by atoms with van der Waals surface area (Å²) >= 11 is 1.55. The van der Waals surface area contributed by atoms with Crippen LogP contribution in [0.2, 0.25) is 0 Å². The maximum atomic E-state index is 12.7. The second-order valence-electron chi connectivity index (χ2n) is 6.53. The Bertz CT molecular complexity index is 1220. The number of fused-ring (bicyclic) bond motifs is 2. The summed E-state index contributed by atoms with van der Waals surface area (Å²) in [5, 5.41) is 2.25. The number of allylic oxidation sites excluding steroid dienone is 1. The van der Waals surface area contributed by atoms with E-state index in [9.17, 15) is 4.79 Å². The first-order chi connectivity index (χ1) is 13.2. The number of amides is 1. The Labute approximate surface area is 161 Å². The van der Waals surface area contributed by atoms with Crippen molar-refractivity contribution in [3.63, 3.8) is 0 Å². The van der Waals surface area contributed by atoms with E-state index in [2.05, 4.69) is 53.4 Å². The van der Waals surface area contributed by atoms with Crippen LogP contribution in [0.1, 0.15) is 11.1 Å². The molecular formula is C23H20N2OS. The third-order valence-electron chi connectivity index (χ3n) is 4.66. The quantitative estimate of drug-likeness (QED) is 0.463. The predicted molar refractivity (Wildman–Crippen MR) is 113 cm³/mol. The van der Waals surface area contributed by atoms with E-state index in [1.165, 1.54) is 5.56 Å². The van der Waals surface area contributed by atoms with Crippen molar-refractivity contribution in [2.75, 3.05) is 0 Å². The van der Waals surface area contributed by atoms with Crippen molar-refractivity contribution in [1.29, 1.82) is 0 Å². The van der Waals surface area contributed by atoms with E-state index in [-0.39, 0.29) is 5.91 Å². The molecule has 0 bridgehead atoms. The molecule has 1 amide bonds. The minimum Gasteiger partial charge on any atom is -0.312 e. The summed E-state index contributed by atoms with van der Waals surface area (Å²) in [4.78, 5) is 17.9. The molecule has 0 spiro atoms.